The van der Waals surface area contributed by atoms with Crippen molar-refractivity contribution in [3.63, 3.8) is 0 Å². The van der Waals surface area contributed by atoms with Gasteiger partial charge in [-0.3, -0.25) is 0 Å². The first-order chi connectivity index (χ1) is 9.31. The topological polar surface area (TPSA) is 21.3 Å². The molecule has 19 heavy (non-hydrogen) atoms. The molecule has 0 bridgehead atoms. The largest absolute Gasteiger partial charge is 0.489 e. The number of ether oxygens (including phenoxy) is 1. The third-order valence-electron chi connectivity index (χ3n) is 3.59. The predicted octanol–water partition coefficient (Wildman–Crippen LogP) is 3.30. The third-order valence-corrected chi connectivity index (χ3v) is 3.59. The maximum absolute atomic E-state index is 5.86. The zero-order chi connectivity index (χ0) is 13.1. The Bertz CT molecular complexity index is 550. The fraction of sp³-hybridized carbons (Fsp3) is 0.294. The van der Waals surface area contributed by atoms with Crippen LogP contribution >= 0.6 is 0 Å². The molecular weight excluding hydrogens is 234 g/mol. The van der Waals surface area contributed by atoms with Crippen LogP contribution in [0.15, 0.2) is 48.5 Å². The molecule has 0 saturated carbocycles. The lowest BCUT2D eigenvalue weighted by Crippen LogP contribution is -2.32. The van der Waals surface area contributed by atoms with Crippen LogP contribution in [0, 0.1) is 0 Å². The molecule has 0 aromatic heterocycles. The molecule has 0 spiro atoms. The molecule has 2 nitrogen and oxygen atoms in total. The van der Waals surface area contributed by atoms with E-state index in [1.807, 2.05) is 18.2 Å². The summed E-state index contributed by atoms with van der Waals surface area (Å²) in [5.74, 6) is 0.957. The molecule has 3 rings (SSSR count). The monoisotopic (exact) mass is 253 g/mol. The van der Waals surface area contributed by atoms with Crippen molar-refractivity contribution in [2.24, 2.45) is 0 Å². The van der Waals surface area contributed by atoms with Crippen molar-refractivity contribution in [1.82, 2.24) is 5.32 Å². The third kappa shape index (κ3) is 2.96. The Kier molecular flexibility index (Phi) is 3.51. The first kappa shape index (κ1) is 12.2. The maximum Gasteiger partial charge on any atom is 0.120 e. The molecule has 1 heterocycles. The average Bonchev–Trinajstić information content (AvgIpc) is 2.46. The summed E-state index contributed by atoms with van der Waals surface area (Å²) in [7, 11) is 0. The van der Waals surface area contributed by atoms with Crippen molar-refractivity contribution < 1.29 is 4.74 Å². The van der Waals surface area contributed by atoms with E-state index in [-0.39, 0.29) is 0 Å². The summed E-state index contributed by atoms with van der Waals surface area (Å²) >= 11 is 0. The molecule has 0 amide bonds. The Morgan fingerprint density at radius 2 is 1.95 bits per heavy atom. The van der Waals surface area contributed by atoms with Crippen LogP contribution in [0.3, 0.4) is 0 Å². The molecule has 1 unspecified atom stereocenters. The molecule has 0 saturated heterocycles. The van der Waals surface area contributed by atoms with Gasteiger partial charge in [0, 0.05) is 12.6 Å². The van der Waals surface area contributed by atoms with Crippen LogP contribution < -0.4 is 10.1 Å². The van der Waals surface area contributed by atoms with Gasteiger partial charge in [-0.2, -0.15) is 0 Å². The summed E-state index contributed by atoms with van der Waals surface area (Å²) in [6, 6.07) is 17.3. The highest BCUT2D eigenvalue weighted by molar-refractivity contribution is 5.37. The SMILES string of the molecule is CC1Cc2ccc(OCc3ccccc3)cc2CN1. The first-order valence-corrected chi connectivity index (χ1v) is 6.83. The van der Waals surface area contributed by atoms with Crippen molar-refractivity contribution in [2.45, 2.75) is 32.5 Å². The van der Waals surface area contributed by atoms with Crippen molar-refractivity contribution in [2.75, 3.05) is 0 Å². The zero-order valence-electron chi connectivity index (χ0n) is 11.2. The minimum Gasteiger partial charge on any atom is -0.489 e. The van der Waals surface area contributed by atoms with E-state index in [1.165, 1.54) is 16.7 Å². The molecule has 2 heteroatoms. The second-order valence-corrected chi connectivity index (χ2v) is 5.19. The fourth-order valence-corrected chi connectivity index (χ4v) is 2.48. The number of hydrogen-bond donors (Lipinski definition) is 1. The van der Waals surface area contributed by atoms with Crippen molar-refractivity contribution >= 4 is 0 Å². The van der Waals surface area contributed by atoms with E-state index in [1.54, 1.807) is 0 Å². The number of rotatable bonds is 3. The lowest BCUT2D eigenvalue weighted by Gasteiger charge is -2.23. The quantitative estimate of drug-likeness (QED) is 0.906. The van der Waals surface area contributed by atoms with Crippen molar-refractivity contribution in [3.05, 3.63) is 65.2 Å². The normalized spacial score (nSPS) is 17.8. The first-order valence-electron chi connectivity index (χ1n) is 6.83. The summed E-state index contributed by atoms with van der Waals surface area (Å²) in [6.45, 7) is 3.80. The van der Waals surface area contributed by atoms with Gasteiger partial charge in [-0.15, -0.1) is 0 Å². The van der Waals surface area contributed by atoms with Crippen LogP contribution in [0.1, 0.15) is 23.6 Å². The molecule has 2 aromatic carbocycles. The van der Waals surface area contributed by atoms with Crippen LogP contribution in [-0.2, 0) is 19.6 Å². The van der Waals surface area contributed by atoms with Gasteiger partial charge in [-0.05, 0) is 42.2 Å². The summed E-state index contributed by atoms with van der Waals surface area (Å²) in [5, 5.41) is 3.48. The Hall–Kier alpha value is -1.80. The second kappa shape index (κ2) is 5.45. The van der Waals surface area contributed by atoms with Crippen LogP contribution in [0.25, 0.3) is 0 Å². The number of benzene rings is 2. The molecule has 0 aliphatic carbocycles. The molecule has 2 aromatic rings. The van der Waals surface area contributed by atoms with E-state index in [0.29, 0.717) is 12.6 Å². The van der Waals surface area contributed by atoms with Crippen molar-refractivity contribution in [1.29, 1.82) is 0 Å². The molecule has 0 fully saturated rings. The molecular formula is C17H19NO. The van der Waals surface area contributed by atoms with E-state index in [4.69, 9.17) is 4.74 Å². The zero-order valence-corrected chi connectivity index (χ0v) is 11.2. The highest BCUT2D eigenvalue weighted by Crippen LogP contribution is 2.23. The standard InChI is InChI=1S/C17H19NO/c1-13-9-15-7-8-17(10-16(15)11-18-13)19-12-14-5-3-2-4-6-14/h2-8,10,13,18H,9,11-12H2,1H3. The maximum atomic E-state index is 5.86. The Morgan fingerprint density at radius 1 is 1.11 bits per heavy atom. The van der Waals surface area contributed by atoms with Gasteiger partial charge < -0.3 is 10.1 Å². The highest BCUT2D eigenvalue weighted by Gasteiger charge is 2.14. The number of fused-ring (bicyclic) bond motifs is 1. The van der Waals surface area contributed by atoms with Gasteiger partial charge in [0.15, 0.2) is 0 Å². The molecule has 0 radical (unpaired) electrons. The van der Waals surface area contributed by atoms with Crippen LogP contribution in [-0.4, -0.2) is 6.04 Å². The Balaban J connectivity index is 1.69. The van der Waals surface area contributed by atoms with E-state index < -0.39 is 0 Å². The van der Waals surface area contributed by atoms with Gasteiger partial charge >= 0.3 is 0 Å². The van der Waals surface area contributed by atoms with Gasteiger partial charge in [0.2, 0.25) is 0 Å². The van der Waals surface area contributed by atoms with Gasteiger partial charge in [0.05, 0.1) is 0 Å². The number of nitrogens with one attached hydrogen (secondary N) is 1. The fourth-order valence-electron chi connectivity index (χ4n) is 2.48. The van der Waals surface area contributed by atoms with E-state index in [0.717, 1.165) is 18.7 Å². The minimum atomic E-state index is 0.573. The number of hydrogen-bond acceptors (Lipinski definition) is 2. The summed E-state index contributed by atoms with van der Waals surface area (Å²) < 4.78 is 5.86. The van der Waals surface area contributed by atoms with Gasteiger partial charge in [0.25, 0.3) is 0 Å². The van der Waals surface area contributed by atoms with Crippen LogP contribution in [0.5, 0.6) is 5.75 Å². The van der Waals surface area contributed by atoms with Crippen molar-refractivity contribution in [3.8, 4) is 5.75 Å². The molecule has 1 N–H and O–H groups in total. The highest BCUT2D eigenvalue weighted by atomic mass is 16.5. The van der Waals surface area contributed by atoms with Gasteiger partial charge in [-0.25, -0.2) is 0 Å². The van der Waals surface area contributed by atoms with E-state index in [9.17, 15) is 0 Å². The molecule has 1 atom stereocenters. The smallest absolute Gasteiger partial charge is 0.120 e. The van der Waals surface area contributed by atoms with Crippen LogP contribution in [0.4, 0.5) is 0 Å². The predicted molar refractivity (Wildman–Crippen MR) is 77.2 cm³/mol. The second-order valence-electron chi connectivity index (χ2n) is 5.19. The summed E-state index contributed by atoms with van der Waals surface area (Å²) in [4.78, 5) is 0. The van der Waals surface area contributed by atoms with Gasteiger partial charge in [-0.1, -0.05) is 36.4 Å². The minimum absolute atomic E-state index is 0.573. The molecule has 1 aliphatic rings. The summed E-state index contributed by atoms with van der Waals surface area (Å²) in [5.41, 5.74) is 4.01. The van der Waals surface area contributed by atoms with E-state index in [2.05, 4.69) is 42.6 Å². The molecule has 98 valence electrons. The molecule has 1 aliphatic heterocycles. The van der Waals surface area contributed by atoms with Crippen LogP contribution in [0.2, 0.25) is 0 Å². The summed E-state index contributed by atoms with van der Waals surface area (Å²) in [6.07, 6.45) is 1.11. The average molecular weight is 253 g/mol. The van der Waals surface area contributed by atoms with E-state index >= 15 is 0 Å². The Labute approximate surface area is 114 Å². The lowest BCUT2D eigenvalue weighted by molar-refractivity contribution is 0.305. The van der Waals surface area contributed by atoms with Gasteiger partial charge in [0.1, 0.15) is 12.4 Å². The Morgan fingerprint density at radius 3 is 2.79 bits per heavy atom. The lowest BCUT2D eigenvalue weighted by atomic mass is 9.96.